The van der Waals surface area contributed by atoms with Gasteiger partial charge in [0.05, 0.1) is 24.5 Å². The van der Waals surface area contributed by atoms with Gasteiger partial charge in [0.2, 0.25) is 0 Å². The Labute approximate surface area is 105 Å². The Balaban J connectivity index is 2.32. The summed E-state index contributed by atoms with van der Waals surface area (Å²) in [6, 6.07) is 6.86. The Kier molecular flexibility index (Phi) is 3.30. The van der Waals surface area contributed by atoms with Crippen LogP contribution in [-0.2, 0) is 14.6 Å². The van der Waals surface area contributed by atoms with Crippen molar-refractivity contribution in [1.29, 1.82) is 0 Å². The number of ether oxygens (including phenoxy) is 1. The standard InChI is InChI=1S/C12H14O5S/c1-17-9-4-2-8(3-5-9)10-6-18(15,16)7-11(10)12(13)14/h2-5,10-11H,6-7H2,1H3,(H,13,14)/t10-,11+/m1/s1. The summed E-state index contributed by atoms with van der Waals surface area (Å²) in [5.74, 6) is -2.11. The molecule has 1 aromatic carbocycles. The van der Waals surface area contributed by atoms with Crippen molar-refractivity contribution in [1.82, 2.24) is 0 Å². The summed E-state index contributed by atoms with van der Waals surface area (Å²) in [5.41, 5.74) is 0.726. The van der Waals surface area contributed by atoms with Crippen LogP contribution in [0.25, 0.3) is 0 Å². The van der Waals surface area contributed by atoms with Crippen molar-refractivity contribution in [2.75, 3.05) is 18.6 Å². The first-order chi connectivity index (χ1) is 8.43. The first kappa shape index (κ1) is 12.9. The molecular formula is C12H14O5S. The van der Waals surface area contributed by atoms with Crippen LogP contribution in [0.4, 0.5) is 0 Å². The first-order valence-electron chi connectivity index (χ1n) is 5.50. The number of aliphatic carboxylic acids is 1. The third-order valence-corrected chi connectivity index (χ3v) is 4.95. The molecule has 0 saturated carbocycles. The second kappa shape index (κ2) is 4.61. The maximum Gasteiger partial charge on any atom is 0.308 e. The highest BCUT2D eigenvalue weighted by Gasteiger charge is 2.42. The first-order valence-corrected chi connectivity index (χ1v) is 7.32. The van der Waals surface area contributed by atoms with Crippen LogP contribution in [0.5, 0.6) is 5.75 Å². The topological polar surface area (TPSA) is 80.7 Å². The van der Waals surface area contributed by atoms with Gasteiger partial charge in [0.25, 0.3) is 0 Å². The normalized spacial score (nSPS) is 25.8. The molecule has 0 radical (unpaired) electrons. The molecule has 1 aliphatic heterocycles. The van der Waals surface area contributed by atoms with Gasteiger partial charge in [-0.25, -0.2) is 8.42 Å². The summed E-state index contributed by atoms with van der Waals surface area (Å²) in [7, 11) is -1.73. The number of carbonyl (C=O) groups is 1. The number of carboxylic acid groups (broad SMARTS) is 1. The van der Waals surface area contributed by atoms with Crippen LogP contribution in [0.1, 0.15) is 11.5 Å². The van der Waals surface area contributed by atoms with Crippen molar-refractivity contribution in [3.05, 3.63) is 29.8 Å². The van der Waals surface area contributed by atoms with Crippen molar-refractivity contribution in [2.24, 2.45) is 5.92 Å². The highest BCUT2D eigenvalue weighted by Crippen LogP contribution is 2.35. The van der Waals surface area contributed by atoms with E-state index in [4.69, 9.17) is 9.84 Å². The molecule has 0 unspecified atom stereocenters. The molecule has 1 aliphatic rings. The molecule has 2 atom stereocenters. The van der Waals surface area contributed by atoms with Gasteiger partial charge in [0, 0.05) is 5.92 Å². The number of hydrogen-bond acceptors (Lipinski definition) is 4. The van der Waals surface area contributed by atoms with Gasteiger partial charge in [0.15, 0.2) is 9.84 Å². The summed E-state index contributed by atoms with van der Waals surface area (Å²) in [6.45, 7) is 0. The fourth-order valence-corrected chi connectivity index (χ4v) is 4.30. The minimum absolute atomic E-state index is 0.101. The third kappa shape index (κ3) is 2.48. The van der Waals surface area contributed by atoms with Crippen LogP contribution >= 0.6 is 0 Å². The van der Waals surface area contributed by atoms with E-state index in [9.17, 15) is 13.2 Å². The van der Waals surface area contributed by atoms with E-state index < -0.39 is 27.6 Å². The smallest absolute Gasteiger partial charge is 0.308 e. The highest BCUT2D eigenvalue weighted by molar-refractivity contribution is 7.91. The molecule has 1 saturated heterocycles. The van der Waals surface area contributed by atoms with Gasteiger partial charge in [-0.1, -0.05) is 12.1 Å². The summed E-state index contributed by atoms with van der Waals surface area (Å²) in [4.78, 5) is 11.1. The average Bonchev–Trinajstić information content (AvgIpc) is 2.66. The Morgan fingerprint density at radius 1 is 1.28 bits per heavy atom. The van der Waals surface area contributed by atoms with E-state index in [1.807, 2.05) is 0 Å². The average molecular weight is 270 g/mol. The summed E-state index contributed by atoms with van der Waals surface area (Å²) in [5, 5.41) is 9.09. The molecule has 2 rings (SSSR count). The Morgan fingerprint density at radius 3 is 2.39 bits per heavy atom. The van der Waals surface area contributed by atoms with Crippen LogP contribution in [0.2, 0.25) is 0 Å². The Bertz CT molecular complexity index is 546. The predicted molar refractivity (Wildman–Crippen MR) is 65.5 cm³/mol. The number of rotatable bonds is 3. The van der Waals surface area contributed by atoms with E-state index in [0.717, 1.165) is 5.56 Å². The van der Waals surface area contributed by atoms with E-state index in [2.05, 4.69) is 0 Å². The SMILES string of the molecule is COc1ccc([C@H]2CS(=O)(=O)C[C@@H]2C(=O)O)cc1. The van der Waals surface area contributed by atoms with E-state index in [-0.39, 0.29) is 11.5 Å². The molecule has 0 aliphatic carbocycles. The largest absolute Gasteiger partial charge is 0.497 e. The molecule has 18 heavy (non-hydrogen) atoms. The monoisotopic (exact) mass is 270 g/mol. The van der Waals surface area contributed by atoms with Crippen LogP contribution < -0.4 is 4.74 Å². The van der Waals surface area contributed by atoms with Crippen LogP contribution in [0, 0.1) is 5.92 Å². The van der Waals surface area contributed by atoms with Gasteiger partial charge < -0.3 is 9.84 Å². The predicted octanol–water partition coefficient (Wildman–Crippen LogP) is 0.908. The molecule has 1 heterocycles. The van der Waals surface area contributed by atoms with E-state index in [1.54, 1.807) is 24.3 Å². The molecule has 1 fully saturated rings. The molecule has 0 aromatic heterocycles. The zero-order valence-corrected chi connectivity index (χ0v) is 10.7. The van der Waals surface area contributed by atoms with Crippen LogP contribution in [0.3, 0.4) is 0 Å². The molecular weight excluding hydrogens is 256 g/mol. The van der Waals surface area contributed by atoms with E-state index in [1.165, 1.54) is 7.11 Å². The molecule has 5 nitrogen and oxygen atoms in total. The quantitative estimate of drug-likeness (QED) is 0.883. The molecule has 0 amide bonds. The number of hydrogen-bond donors (Lipinski definition) is 1. The lowest BCUT2D eigenvalue weighted by Gasteiger charge is -2.14. The van der Waals surface area contributed by atoms with Crippen molar-refractivity contribution < 1.29 is 23.1 Å². The lowest BCUT2D eigenvalue weighted by Crippen LogP contribution is -2.20. The summed E-state index contributed by atoms with van der Waals surface area (Å²) < 4.78 is 28.1. The third-order valence-electron chi connectivity index (χ3n) is 3.21. The van der Waals surface area contributed by atoms with Gasteiger partial charge in [0.1, 0.15) is 5.75 Å². The number of benzene rings is 1. The number of methoxy groups -OCH3 is 1. The lowest BCUT2D eigenvalue weighted by atomic mass is 9.89. The Morgan fingerprint density at radius 2 is 1.89 bits per heavy atom. The maximum absolute atomic E-state index is 11.6. The molecule has 0 spiro atoms. The van der Waals surface area contributed by atoms with Gasteiger partial charge in [-0.3, -0.25) is 4.79 Å². The number of carboxylic acids is 1. The van der Waals surface area contributed by atoms with Crippen molar-refractivity contribution in [3.8, 4) is 5.75 Å². The van der Waals surface area contributed by atoms with Crippen LogP contribution in [-0.4, -0.2) is 38.1 Å². The van der Waals surface area contributed by atoms with Gasteiger partial charge in [-0.05, 0) is 17.7 Å². The minimum Gasteiger partial charge on any atom is -0.497 e. The fourth-order valence-electron chi connectivity index (χ4n) is 2.27. The van der Waals surface area contributed by atoms with Gasteiger partial charge >= 0.3 is 5.97 Å². The van der Waals surface area contributed by atoms with Crippen molar-refractivity contribution >= 4 is 15.8 Å². The lowest BCUT2D eigenvalue weighted by molar-refractivity contribution is -0.141. The molecule has 98 valence electrons. The highest BCUT2D eigenvalue weighted by atomic mass is 32.2. The zero-order chi connectivity index (χ0) is 13.3. The maximum atomic E-state index is 11.6. The minimum atomic E-state index is -3.27. The number of sulfone groups is 1. The molecule has 1 N–H and O–H groups in total. The second-order valence-electron chi connectivity index (χ2n) is 4.40. The van der Waals surface area contributed by atoms with E-state index in [0.29, 0.717) is 5.75 Å². The zero-order valence-electron chi connectivity index (χ0n) is 9.87. The fraction of sp³-hybridized carbons (Fsp3) is 0.417. The van der Waals surface area contributed by atoms with Crippen LogP contribution in [0.15, 0.2) is 24.3 Å². The van der Waals surface area contributed by atoms with Crippen molar-refractivity contribution in [2.45, 2.75) is 5.92 Å². The van der Waals surface area contributed by atoms with Gasteiger partial charge in [-0.15, -0.1) is 0 Å². The molecule has 0 bridgehead atoms. The Hall–Kier alpha value is -1.56. The molecule has 6 heteroatoms. The van der Waals surface area contributed by atoms with Crippen molar-refractivity contribution in [3.63, 3.8) is 0 Å². The second-order valence-corrected chi connectivity index (χ2v) is 6.56. The summed E-state index contributed by atoms with van der Waals surface area (Å²) >= 11 is 0. The molecule has 1 aromatic rings. The van der Waals surface area contributed by atoms with E-state index >= 15 is 0 Å². The van der Waals surface area contributed by atoms with Gasteiger partial charge in [-0.2, -0.15) is 0 Å². The summed E-state index contributed by atoms with van der Waals surface area (Å²) in [6.07, 6.45) is 0.